The van der Waals surface area contributed by atoms with Gasteiger partial charge in [0, 0.05) is 18.5 Å². The zero-order valence-corrected chi connectivity index (χ0v) is 13.3. The summed E-state index contributed by atoms with van der Waals surface area (Å²) in [5.41, 5.74) is 1.39. The van der Waals surface area contributed by atoms with Crippen LogP contribution in [0.2, 0.25) is 5.28 Å². The molecule has 1 aliphatic rings. The van der Waals surface area contributed by atoms with E-state index in [9.17, 15) is 0 Å². The molecule has 20 heavy (non-hydrogen) atoms. The Morgan fingerprint density at radius 3 is 3.00 bits per heavy atom. The van der Waals surface area contributed by atoms with E-state index in [-0.39, 0.29) is 11.9 Å². The number of aromatic nitrogens is 2. The Balaban J connectivity index is 2.18. The second-order valence-electron chi connectivity index (χ2n) is 5.49. The molecule has 1 aliphatic carbocycles. The monoisotopic (exact) mass is 311 g/mol. The van der Waals surface area contributed by atoms with Crippen LogP contribution >= 0.6 is 22.9 Å². The first-order valence-electron chi connectivity index (χ1n) is 6.90. The third kappa shape index (κ3) is 2.38. The molecule has 1 unspecified atom stereocenters. The first-order chi connectivity index (χ1) is 9.60. The lowest BCUT2D eigenvalue weighted by Crippen LogP contribution is -2.23. The number of aliphatic hydroxyl groups excluding tert-OH is 1. The van der Waals surface area contributed by atoms with Crippen molar-refractivity contribution < 1.29 is 5.11 Å². The molecule has 0 amide bonds. The van der Waals surface area contributed by atoms with Crippen molar-refractivity contribution in [2.24, 2.45) is 5.92 Å². The van der Waals surface area contributed by atoms with Crippen molar-refractivity contribution >= 4 is 39.0 Å². The summed E-state index contributed by atoms with van der Waals surface area (Å²) >= 11 is 7.80. The molecule has 2 aromatic heterocycles. The maximum atomic E-state index is 9.15. The van der Waals surface area contributed by atoms with Crippen LogP contribution in [0.4, 0.5) is 5.82 Å². The largest absolute Gasteiger partial charge is 0.395 e. The van der Waals surface area contributed by atoms with Gasteiger partial charge in [-0.25, -0.2) is 4.98 Å². The fraction of sp³-hybridized carbons (Fsp3) is 0.571. The highest BCUT2D eigenvalue weighted by Gasteiger charge is 2.24. The van der Waals surface area contributed by atoms with Crippen molar-refractivity contribution in [3.05, 3.63) is 15.7 Å². The van der Waals surface area contributed by atoms with E-state index in [0.717, 1.165) is 34.8 Å². The third-order valence-corrected chi connectivity index (χ3v) is 5.22. The first kappa shape index (κ1) is 14.0. The van der Waals surface area contributed by atoms with Gasteiger partial charge in [0.15, 0.2) is 0 Å². The Labute approximate surface area is 127 Å². The van der Waals surface area contributed by atoms with Gasteiger partial charge in [0.1, 0.15) is 10.6 Å². The fourth-order valence-electron chi connectivity index (χ4n) is 2.83. The minimum Gasteiger partial charge on any atom is -0.395 e. The average molecular weight is 312 g/mol. The number of hydrogen-bond acceptors (Lipinski definition) is 5. The average Bonchev–Trinajstić information content (AvgIpc) is 2.74. The van der Waals surface area contributed by atoms with Crippen LogP contribution in [0.1, 0.15) is 23.8 Å². The predicted molar refractivity (Wildman–Crippen MR) is 84.0 cm³/mol. The maximum Gasteiger partial charge on any atom is 0.225 e. The number of aliphatic hydroxyl groups is 1. The molecule has 4 nitrogen and oxygen atoms in total. The highest BCUT2D eigenvalue weighted by molar-refractivity contribution is 7.19. The summed E-state index contributed by atoms with van der Waals surface area (Å²) in [5, 5.41) is 10.6. The number of thiophene rings is 1. The number of halogens is 1. The first-order valence-corrected chi connectivity index (χ1v) is 8.09. The molecule has 108 valence electrons. The van der Waals surface area contributed by atoms with Crippen LogP contribution in [0.25, 0.3) is 10.2 Å². The van der Waals surface area contributed by atoms with E-state index < -0.39 is 0 Å². The number of hydrogen-bond donors (Lipinski definition) is 1. The maximum absolute atomic E-state index is 9.15. The van der Waals surface area contributed by atoms with Gasteiger partial charge in [0.05, 0.1) is 12.0 Å². The van der Waals surface area contributed by atoms with Gasteiger partial charge in [0.25, 0.3) is 0 Å². The smallest absolute Gasteiger partial charge is 0.225 e. The number of fused-ring (bicyclic) bond motifs is 3. The van der Waals surface area contributed by atoms with E-state index in [2.05, 4.69) is 16.9 Å². The van der Waals surface area contributed by atoms with Gasteiger partial charge >= 0.3 is 0 Å². The molecule has 0 saturated heterocycles. The van der Waals surface area contributed by atoms with Crippen LogP contribution in [0.5, 0.6) is 0 Å². The van der Waals surface area contributed by atoms with Gasteiger partial charge in [0.2, 0.25) is 5.28 Å². The van der Waals surface area contributed by atoms with E-state index in [1.54, 1.807) is 11.3 Å². The predicted octanol–water partition coefficient (Wildman–Crippen LogP) is 2.90. The molecule has 0 fully saturated rings. The molecule has 0 radical (unpaired) electrons. The molecular weight excluding hydrogens is 294 g/mol. The van der Waals surface area contributed by atoms with E-state index >= 15 is 0 Å². The second-order valence-corrected chi connectivity index (χ2v) is 6.92. The summed E-state index contributed by atoms with van der Waals surface area (Å²) in [5.74, 6) is 1.58. The molecule has 3 rings (SSSR count). The third-order valence-electron chi connectivity index (χ3n) is 3.91. The van der Waals surface area contributed by atoms with Crippen molar-refractivity contribution in [2.75, 3.05) is 25.1 Å². The minimum atomic E-state index is 0.100. The topological polar surface area (TPSA) is 49.2 Å². The van der Waals surface area contributed by atoms with Gasteiger partial charge < -0.3 is 10.0 Å². The van der Waals surface area contributed by atoms with Gasteiger partial charge in [-0.3, -0.25) is 0 Å². The zero-order chi connectivity index (χ0) is 14.3. The van der Waals surface area contributed by atoms with Crippen LogP contribution in [-0.2, 0) is 12.8 Å². The van der Waals surface area contributed by atoms with Gasteiger partial charge in [-0.1, -0.05) is 6.92 Å². The standard InChI is InChI=1S/C14H18ClN3OS/c1-8-3-4-9-10(7-8)20-13-11(9)12(16-14(15)17-13)18(2)5-6-19/h8,19H,3-7H2,1-2H3. The van der Waals surface area contributed by atoms with Crippen molar-refractivity contribution in [3.8, 4) is 0 Å². The van der Waals surface area contributed by atoms with Crippen molar-refractivity contribution in [2.45, 2.75) is 26.2 Å². The lowest BCUT2D eigenvalue weighted by molar-refractivity contribution is 0.304. The molecule has 2 heterocycles. The highest BCUT2D eigenvalue weighted by Crippen LogP contribution is 2.41. The Hall–Kier alpha value is -0.910. The van der Waals surface area contributed by atoms with Gasteiger partial charge in [-0.15, -0.1) is 11.3 Å². The zero-order valence-electron chi connectivity index (χ0n) is 11.7. The lowest BCUT2D eigenvalue weighted by Gasteiger charge is -2.21. The quantitative estimate of drug-likeness (QED) is 0.886. The normalized spacial score (nSPS) is 18.3. The summed E-state index contributed by atoms with van der Waals surface area (Å²) in [7, 11) is 1.93. The van der Waals surface area contributed by atoms with E-state index in [1.807, 2.05) is 11.9 Å². The number of nitrogens with zero attached hydrogens (tertiary/aromatic N) is 3. The van der Waals surface area contributed by atoms with Crippen molar-refractivity contribution in [1.29, 1.82) is 0 Å². The molecule has 1 N–H and O–H groups in total. The molecule has 0 saturated carbocycles. The van der Waals surface area contributed by atoms with Crippen molar-refractivity contribution in [1.82, 2.24) is 9.97 Å². The number of likely N-dealkylation sites (N-methyl/N-ethyl adjacent to an activating group) is 1. The summed E-state index contributed by atoms with van der Waals surface area (Å²) in [6.07, 6.45) is 3.42. The van der Waals surface area contributed by atoms with Gasteiger partial charge in [-0.05, 0) is 42.3 Å². The molecule has 2 aromatic rings. The Morgan fingerprint density at radius 2 is 2.25 bits per heavy atom. The fourth-order valence-corrected chi connectivity index (χ4v) is 4.42. The van der Waals surface area contributed by atoms with Gasteiger partial charge in [-0.2, -0.15) is 4.98 Å². The van der Waals surface area contributed by atoms with E-state index in [4.69, 9.17) is 16.7 Å². The molecule has 0 bridgehead atoms. The second kappa shape index (κ2) is 5.47. The van der Waals surface area contributed by atoms with Crippen LogP contribution in [0.15, 0.2) is 0 Å². The Morgan fingerprint density at radius 1 is 1.45 bits per heavy atom. The van der Waals surface area contributed by atoms with Crippen molar-refractivity contribution in [3.63, 3.8) is 0 Å². The summed E-state index contributed by atoms with van der Waals surface area (Å²) < 4.78 is 0. The van der Waals surface area contributed by atoms with E-state index in [1.165, 1.54) is 16.9 Å². The molecule has 0 aliphatic heterocycles. The lowest BCUT2D eigenvalue weighted by atomic mass is 9.89. The van der Waals surface area contributed by atoms with Crippen LogP contribution in [0, 0.1) is 5.92 Å². The summed E-state index contributed by atoms with van der Waals surface area (Å²) in [6, 6.07) is 0. The SMILES string of the molecule is CC1CCc2c(sc3nc(Cl)nc(N(C)CCO)c23)C1. The summed E-state index contributed by atoms with van der Waals surface area (Å²) in [6.45, 7) is 2.94. The molecule has 0 spiro atoms. The Bertz CT molecular complexity index is 643. The molecule has 0 aromatic carbocycles. The molecular formula is C14H18ClN3OS. The Kier molecular flexibility index (Phi) is 3.84. The molecule has 6 heteroatoms. The number of rotatable bonds is 3. The van der Waals surface area contributed by atoms with Crippen LogP contribution < -0.4 is 4.90 Å². The highest BCUT2D eigenvalue weighted by atomic mass is 35.5. The number of aryl methyl sites for hydroxylation is 1. The van der Waals surface area contributed by atoms with E-state index in [0.29, 0.717) is 6.54 Å². The number of anilines is 1. The summed E-state index contributed by atoms with van der Waals surface area (Å²) in [4.78, 5) is 13.1. The molecule has 1 atom stereocenters. The van der Waals surface area contributed by atoms with Crippen LogP contribution in [-0.4, -0.2) is 35.3 Å². The minimum absolute atomic E-state index is 0.100. The van der Waals surface area contributed by atoms with Crippen LogP contribution in [0.3, 0.4) is 0 Å².